The molecule has 2 rings (SSSR count). The average Bonchev–Trinajstić information content (AvgIpc) is 2.57. The number of aromatic nitrogens is 4. The Labute approximate surface area is 84.4 Å². The molecule has 0 saturated carbocycles. The molecule has 0 radical (unpaired) electrons. The molecule has 1 aromatic carbocycles. The van der Waals surface area contributed by atoms with Crippen molar-refractivity contribution in [3.8, 4) is 5.69 Å². The monoisotopic (exact) mass is 210 g/mol. The number of aromatic amines is 1. The lowest BCUT2D eigenvalue weighted by Gasteiger charge is -2.04. The summed E-state index contributed by atoms with van der Waals surface area (Å²) in [5.41, 5.74) is 1.13. The minimum absolute atomic E-state index is 0.277. The molecule has 0 unspecified atom stereocenters. The Morgan fingerprint density at radius 2 is 2.29 bits per heavy atom. The molecule has 2 aromatic rings. The fraction of sp³-hybridized carbons (Fsp3) is 0.125. The lowest BCUT2D eigenvalue weighted by molar-refractivity contribution is 0.614. The van der Waals surface area contributed by atoms with Gasteiger partial charge in [0.15, 0.2) is 0 Å². The molecule has 0 aliphatic heterocycles. The Kier molecular flexibility index (Phi) is 2.12. The molecule has 6 heteroatoms. The van der Waals surface area contributed by atoms with Gasteiger partial charge in [-0.25, -0.2) is 9.07 Å². The molecular formula is C8H7FN4S. The molecule has 4 nitrogen and oxygen atoms in total. The van der Waals surface area contributed by atoms with E-state index in [-0.39, 0.29) is 10.6 Å². The Morgan fingerprint density at radius 1 is 1.50 bits per heavy atom. The minimum Gasteiger partial charge on any atom is -0.209 e. The van der Waals surface area contributed by atoms with E-state index in [1.807, 2.05) is 0 Å². The maximum atomic E-state index is 13.2. The summed E-state index contributed by atoms with van der Waals surface area (Å²) in [5.74, 6) is -0.279. The van der Waals surface area contributed by atoms with Crippen LogP contribution in [-0.2, 0) is 0 Å². The lowest BCUT2D eigenvalue weighted by atomic mass is 10.2. The van der Waals surface area contributed by atoms with Gasteiger partial charge in [0.1, 0.15) is 5.82 Å². The first-order valence-electron chi connectivity index (χ1n) is 3.96. The highest BCUT2D eigenvalue weighted by molar-refractivity contribution is 7.71. The van der Waals surface area contributed by atoms with Crippen molar-refractivity contribution in [3.05, 3.63) is 34.4 Å². The highest BCUT2D eigenvalue weighted by Crippen LogP contribution is 2.15. The molecule has 1 N–H and O–H groups in total. The normalized spacial score (nSPS) is 10.4. The van der Waals surface area contributed by atoms with Crippen molar-refractivity contribution in [2.75, 3.05) is 0 Å². The SMILES string of the molecule is Cc1c(F)cccc1-n1[nH]nnc1=S. The number of hydrogen-bond acceptors (Lipinski definition) is 3. The van der Waals surface area contributed by atoms with Crippen molar-refractivity contribution in [1.29, 1.82) is 0 Å². The maximum Gasteiger partial charge on any atom is 0.242 e. The third-order valence-electron chi connectivity index (χ3n) is 1.95. The Bertz CT molecular complexity index is 516. The van der Waals surface area contributed by atoms with E-state index in [0.717, 1.165) is 0 Å². The fourth-order valence-corrected chi connectivity index (χ4v) is 1.37. The predicted octanol–water partition coefficient (Wildman–Crippen LogP) is 1.77. The van der Waals surface area contributed by atoms with E-state index in [4.69, 9.17) is 12.2 Å². The van der Waals surface area contributed by atoms with Crippen molar-refractivity contribution >= 4 is 12.2 Å². The highest BCUT2D eigenvalue weighted by Gasteiger charge is 2.06. The van der Waals surface area contributed by atoms with Gasteiger partial charge >= 0.3 is 0 Å². The number of benzene rings is 1. The van der Waals surface area contributed by atoms with Crippen molar-refractivity contribution in [2.24, 2.45) is 0 Å². The average molecular weight is 210 g/mol. The summed E-state index contributed by atoms with van der Waals surface area (Å²) in [6.45, 7) is 1.67. The molecule has 72 valence electrons. The number of halogens is 1. The third kappa shape index (κ3) is 1.33. The number of nitrogens with zero attached hydrogens (tertiary/aromatic N) is 3. The highest BCUT2D eigenvalue weighted by atomic mass is 32.1. The summed E-state index contributed by atoms with van der Waals surface area (Å²) in [6.07, 6.45) is 0. The molecule has 0 aliphatic carbocycles. The van der Waals surface area contributed by atoms with Gasteiger partial charge in [-0.2, -0.15) is 5.21 Å². The first kappa shape index (κ1) is 9.01. The van der Waals surface area contributed by atoms with Crippen molar-refractivity contribution in [1.82, 2.24) is 20.2 Å². The van der Waals surface area contributed by atoms with E-state index in [0.29, 0.717) is 11.3 Å². The standard InChI is InChI=1S/C8H7FN4S/c1-5-6(9)3-2-4-7(5)13-8(14)10-11-12-13/h2-4H,1H3,(H,10,12,14). The van der Waals surface area contributed by atoms with Gasteiger partial charge in [0.2, 0.25) is 4.77 Å². The zero-order valence-electron chi connectivity index (χ0n) is 7.36. The first-order valence-corrected chi connectivity index (χ1v) is 4.36. The third-order valence-corrected chi connectivity index (χ3v) is 2.22. The fourth-order valence-electron chi connectivity index (χ4n) is 1.19. The maximum absolute atomic E-state index is 13.2. The molecule has 0 saturated heterocycles. The molecule has 1 aromatic heterocycles. The van der Waals surface area contributed by atoms with Gasteiger partial charge in [-0.3, -0.25) is 0 Å². The van der Waals surface area contributed by atoms with Crippen molar-refractivity contribution < 1.29 is 4.39 Å². The molecule has 0 spiro atoms. The zero-order valence-corrected chi connectivity index (χ0v) is 8.18. The molecule has 0 amide bonds. The van der Waals surface area contributed by atoms with Gasteiger partial charge in [0.05, 0.1) is 5.69 Å². The number of nitrogens with one attached hydrogen (secondary N) is 1. The molecule has 0 aliphatic rings. The van der Waals surface area contributed by atoms with E-state index in [9.17, 15) is 4.39 Å². The van der Waals surface area contributed by atoms with E-state index in [1.165, 1.54) is 10.7 Å². The molecule has 14 heavy (non-hydrogen) atoms. The summed E-state index contributed by atoms with van der Waals surface area (Å²) in [7, 11) is 0. The van der Waals surface area contributed by atoms with Gasteiger partial charge in [-0.1, -0.05) is 16.4 Å². The van der Waals surface area contributed by atoms with Gasteiger partial charge < -0.3 is 0 Å². The smallest absolute Gasteiger partial charge is 0.209 e. The number of rotatable bonds is 1. The summed E-state index contributed by atoms with van der Waals surface area (Å²) in [5, 5.41) is 9.72. The van der Waals surface area contributed by atoms with E-state index in [2.05, 4.69) is 15.5 Å². The second-order valence-corrected chi connectivity index (χ2v) is 3.17. The number of hydrogen-bond donors (Lipinski definition) is 1. The Morgan fingerprint density at radius 3 is 2.93 bits per heavy atom. The molecule has 0 bridgehead atoms. The first-order chi connectivity index (χ1) is 6.70. The minimum atomic E-state index is -0.279. The van der Waals surface area contributed by atoms with Gasteiger partial charge in [0, 0.05) is 5.56 Å². The Balaban J connectivity index is 2.69. The summed E-state index contributed by atoms with van der Waals surface area (Å²) >= 11 is 4.91. The molecular weight excluding hydrogens is 203 g/mol. The van der Waals surface area contributed by atoms with Crippen LogP contribution in [0.5, 0.6) is 0 Å². The van der Waals surface area contributed by atoms with Crippen LogP contribution in [0.25, 0.3) is 5.69 Å². The zero-order chi connectivity index (χ0) is 10.1. The van der Waals surface area contributed by atoms with Crippen molar-refractivity contribution in [2.45, 2.75) is 6.92 Å². The molecule has 1 heterocycles. The molecule has 0 atom stereocenters. The van der Waals surface area contributed by atoms with E-state index < -0.39 is 0 Å². The van der Waals surface area contributed by atoms with Crippen LogP contribution in [0.3, 0.4) is 0 Å². The summed E-state index contributed by atoms with van der Waals surface area (Å²) in [4.78, 5) is 0. The van der Waals surface area contributed by atoms with Gasteiger partial charge in [0.25, 0.3) is 0 Å². The number of H-pyrrole nitrogens is 1. The van der Waals surface area contributed by atoms with Crippen LogP contribution in [0.15, 0.2) is 18.2 Å². The van der Waals surface area contributed by atoms with Crippen molar-refractivity contribution in [3.63, 3.8) is 0 Å². The van der Waals surface area contributed by atoms with E-state index in [1.54, 1.807) is 19.1 Å². The van der Waals surface area contributed by atoms with Crippen LogP contribution in [0.4, 0.5) is 4.39 Å². The van der Waals surface area contributed by atoms with Gasteiger partial charge in [-0.15, -0.1) is 0 Å². The predicted molar refractivity (Wildman–Crippen MR) is 51.2 cm³/mol. The molecule has 0 fully saturated rings. The topological polar surface area (TPSA) is 46.5 Å². The summed E-state index contributed by atoms with van der Waals surface area (Å²) < 4.78 is 14.9. The number of tetrazole rings is 1. The van der Waals surface area contributed by atoms with Gasteiger partial charge in [-0.05, 0) is 31.3 Å². The van der Waals surface area contributed by atoms with Crippen LogP contribution in [0.2, 0.25) is 0 Å². The Hall–Kier alpha value is -1.56. The van der Waals surface area contributed by atoms with Crippen LogP contribution >= 0.6 is 12.2 Å². The quantitative estimate of drug-likeness (QED) is 0.730. The summed E-state index contributed by atoms with van der Waals surface area (Å²) in [6, 6.07) is 4.75. The van der Waals surface area contributed by atoms with Crippen LogP contribution in [-0.4, -0.2) is 20.2 Å². The van der Waals surface area contributed by atoms with Crippen LogP contribution in [0.1, 0.15) is 5.56 Å². The largest absolute Gasteiger partial charge is 0.242 e. The second-order valence-electron chi connectivity index (χ2n) is 2.80. The lowest BCUT2D eigenvalue weighted by Crippen LogP contribution is -2.00. The second kappa shape index (κ2) is 3.30. The van der Waals surface area contributed by atoms with E-state index >= 15 is 0 Å². The van der Waals surface area contributed by atoms with Crippen LogP contribution in [0, 0.1) is 17.5 Å². The van der Waals surface area contributed by atoms with Crippen LogP contribution < -0.4 is 0 Å².